The number of carbonyl (C=O) groups excluding carboxylic acids is 1. The highest BCUT2D eigenvalue weighted by Gasteiger charge is 2.28. The van der Waals surface area contributed by atoms with Crippen molar-refractivity contribution in [3.63, 3.8) is 0 Å². The molecule has 2 nitrogen and oxygen atoms in total. The Hall–Kier alpha value is -1.38. The first kappa shape index (κ1) is 14.0. The van der Waals surface area contributed by atoms with Gasteiger partial charge in [-0.15, -0.1) is 0 Å². The van der Waals surface area contributed by atoms with Gasteiger partial charge in [0.25, 0.3) is 0 Å². The van der Waals surface area contributed by atoms with Gasteiger partial charge < -0.3 is 4.90 Å². The standard InChI is InChI=1S/C16H22FNO/c1-4-13-9-8-11(2)18(10-13)16-14(12(3)19)6-5-7-15(16)17/h5-7,11,13H,4,8-10H2,1-3H3. The minimum Gasteiger partial charge on any atom is -0.366 e. The molecule has 19 heavy (non-hydrogen) atoms. The number of anilines is 1. The normalized spacial score (nSPS) is 23.5. The van der Waals surface area contributed by atoms with Crippen molar-refractivity contribution in [2.45, 2.75) is 46.1 Å². The Labute approximate surface area is 114 Å². The van der Waals surface area contributed by atoms with E-state index in [0.29, 0.717) is 17.2 Å². The summed E-state index contributed by atoms with van der Waals surface area (Å²) in [6.07, 6.45) is 3.36. The maximum atomic E-state index is 14.2. The molecule has 0 radical (unpaired) electrons. The molecular formula is C16H22FNO. The van der Waals surface area contributed by atoms with Gasteiger partial charge in [0.1, 0.15) is 5.82 Å². The molecule has 2 rings (SSSR count). The van der Waals surface area contributed by atoms with Gasteiger partial charge in [0.15, 0.2) is 5.78 Å². The molecule has 0 saturated carbocycles. The number of hydrogen-bond acceptors (Lipinski definition) is 2. The SMILES string of the molecule is CCC1CCC(C)N(c2c(F)cccc2C(C)=O)C1. The molecule has 0 aromatic heterocycles. The van der Waals surface area contributed by atoms with E-state index in [1.165, 1.54) is 19.4 Å². The summed E-state index contributed by atoms with van der Waals surface area (Å²) in [6, 6.07) is 5.08. The average molecular weight is 263 g/mol. The zero-order valence-electron chi connectivity index (χ0n) is 11.9. The van der Waals surface area contributed by atoms with Crippen molar-refractivity contribution >= 4 is 11.5 Å². The van der Waals surface area contributed by atoms with E-state index >= 15 is 0 Å². The first-order valence-corrected chi connectivity index (χ1v) is 7.10. The van der Waals surface area contributed by atoms with Gasteiger partial charge in [-0.3, -0.25) is 4.79 Å². The van der Waals surface area contributed by atoms with Crippen LogP contribution in [0.1, 0.15) is 50.4 Å². The van der Waals surface area contributed by atoms with Crippen LogP contribution >= 0.6 is 0 Å². The van der Waals surface area contributed by atoms with E-state index in [4.69, 9.17) is 0 Å². The van der Waals surface area contributed by atoms with Gasteiger partial charge in [-0.1, -0.05) is 19.4 Å². The lowest BCUT2D eigenvalue weighted by atomic mass is 9.90. The second-order valence-electron chi connectivity index (χ2n) is 5.55. The lowest BCUT2D eigenvalue weighted by molar-refractivity contribution is 0.101. The largest absolute Gasteiger partial charge is 0.366 e. The molecule has 1 heterocycles. The van der Waals surface area contributed by atoms with Crippen molar-refractivity contribution in [3.05, 3.63) is 29.6 Å². The Bertz CT molecular complexity index is 472. The minimum absolute atomic E-state index is 0.0691. The predicted octanol–water partition coefficient (Wildman–Crippen LogP) is 4.04. The van der Waals surface area contributed by atoms with Gasteiger partial charge in [-0.25, -0.2) is 4.39 Å². The summed E-state index contributed by atoms with van der Waals surface area (Å²) in [5, 5.41) is 0. The summed E-state index contributed by atoms with van der Waals surface area (Å²) in [4.78, 5) is 13.8. The molecule has 1 aromatic rings. The molecular weight excluding hydrogens is 241 g/mol. The van der Waals surface area contributed by atoms with E-state index in [-0.39, 0.29) is 17.6 Å². The summed E-state index contributed by atoms with van der Waals surface area (Å²) < 4.78 is 14.2. The third-order valence-corrected chi connectivity index (χ3v) is 4.21. The number of piperidine rings is 1. The van der Waals surface area contributed by atoms with Crippen molar-refractivity contribution in [1.82, 2.24) is 0 Å². The molecule has 0 N–H and O–H groups in total. The molecule has 1 aliphatic rings. The summed E-state index contributed by atoms with van der Waals surface area (Å²) in [6.45, 7) is 6.64. The van der Waals surface area contributed by atoms with Gasteiger partial charge in [-0.05, 0) is 44.7 Å². The molecule has 0 bridgehead atoms. The van der Waals surface area contributed by atoms with Crippen LogP contribution in [0.15, 0.2) is 18.2 Å². The Balaban J connectivity index is 2.41. The van der Waals surface area contributed by atoms with E-state index in [9.17, 15) is 9.18 Å². The Morgan fingerprint density at radius 3 is 2.79 bits per heavy atom. The molecule has 1 saturated heterocycles. The van der Waals surface area contributed by atoms with Gasteiger partial charge >= 0.3 is 0 Å². The first-order chi connectivity index (χ1) is 9.04. The number of ketones is 1. The highest BCUT2D eigenvalue weighted by Crippen LogP contribution is 2.33. The van der Waals surface area contributed by atoms with E-state index < -0.39 is 0 Å². The second-order valence-corrected chi connectivity index (χ2v) is 5.55. The maximum absolute atomic E-state index is 14.2. The number of benzene rings is 1. The van der Waals surface area contributed by atoms with Crippen LogP contribution in [-0.2, 0) is 0 Å². The fraction of sp³-hybridized carbons (Fsp3) is 0.562. The summed E-state index contributed by atoms with van der Waals surface area (Å²) in [7, 11) is 0. The molecule has 3 heteroatoms. The number of nitrogens with zero attached hydrogens (tertiary/aromatic N) is 1. The molecule has 104 valence electrons. The van der Waals surface area contributed by atoms with Crippen molar-refractivity contribution in [2.75, 3.05) is 11.4 Å². The van der Waals surface area contributed by atoms with E-state index in [2.05, 4.69) is 18.7 Å². The van der Waals surface area contributed by atoms with Gasteiger partial charge in [-0.2, -0.15) is 0 Å². The number of halogens is 1. The number of rotatable bonds is 3. The minimum atomic E-state index is -0.281. The lowest BCUT2D eigenvalue weighted by Gasteiger charge is -2.40. The molecule has 1 aliphatic heterocycles. The van der Waals surface area contributed by atoms with Crippen LogP contribution in [0.25, 0.3) is 0 Å². The Morgan fingerprint density at radius 1 is 1.42 bits per heavy atom. The third-order valence-electron chi connectivity index (χ3n) is 4.21. The van der Waals surface area contributed by atoms with Gasteiger partial charge in [0, 0.05) is 18.2 Å². The number of carbonyl (C=O) groups is 1. The van der Waals surface area contributed by atoms with Crippen LogP contribution in [-0.4, -0.2) is 18.4 Å². The number of Topliss-reactive ketones (excluding diaryl/α,β-unsaturated/α-hetero) is 1. The van der Waals surface area contributed by atoms with Crippen LogP contribution in [0.2, 0.25) is 0 Å². The summed E-state index contributed by atoms with van der Waals surface area (Å²) in [5.74, 6) is 0.243. The topological polar surface area (TPSA) is 20.3 Å². The fourth-order valence-electron chi connectivity index (χ4n) is 2.92. The third kappa shape index (κ3) is 2.80. The van der Waals surface area contributed by atoms with Crippen LogP contribution in [0.3, 0.4) is 0 Å². The van der Waals surface area contributed by atoms with Crippen molar-refractivity contribution in [3.8, 4) is 0 Å². The van der Waals surface area contributed by atoms with E-state index in [1.54, 1.807) is 12.1 Å². The number of para-hydroxylation sites is 1. The molecule has 0 amide bonds. The summed E-state index contributed by atoms with van der Waals surface area (Å²) >= 11 is 0. The van der Waals surface area contributed by atoms with Gasteiger partial charge in [0.2, 0.25) is 0 Å². The highest BCUT2D eigenvalue weighted by molar-refractivity contribution is 5.99. The van der Waals surface area contributed by atoms with Crippen molar-refractivity contribution < 1.29 is 9.18 Å². The van der Waals surface area contributed by atoms with Crippen molar-refractivity contribution in [2.24, 2.45) is 5.92 Å². The Kier molecular flexibility index (Phi) is 4.23. The highest BCUT2D eigenvalue weighted by atomic mass is 19.1. The van der Waals surface area contributed by atoms with Crippen LogP contribution in [0, 0.1) is 11.7 Å². The maximum Gasteiger partial charge on any atom is 0.161 e. The van der Waals surface area contributed by atoms with E-state index in [0.717, 1.165) is 19.4 Å². The Morgan fingerprint density at radius 2 is 2.16 bits per heavy atom. The fourth-order valence-corrected chi connectivity index (χ4v) is 2.92. The van der Waals surface area contributed by atoms with Crippen LogP contribution in [0.4, 0.5) is 10.1 Å². The quantitative estimate of drug-likeness (QED) is 0.767. The molecule has 0 aliphatic carbocycles. The zero-order valence-corrected chi connectivity index (χ0v) is 11.9. The molecule has 2 unspecified atom stereocenters. The van der Waals surface area contributed by atoms with Crippen LogP contribution < -0.4 is 4.90 Å². The first-order valence-electron chi connectivity index (χ1n) is 7.10. The molecule has 1 aromatic carbocycles. The lowest BCUT2D eigenvalue weighted by Crippen LogP contribution is -2.42. The second kappa shape index (κ2) is 5.72. The van der Waals surface area contributed by atoms with Crippen molar-refractivity contribution in [1.29, 1.82) is 0 Å². The monoisotopic (exact) mass is 263 g/mol. The average Bonchev–Trinajstić information content (AvgIpc) is 2.39. The summed E-state index contributed by atoms with van der Waals surface area (Å²) in [5.41, 5.74) is 1.00. The zero-order chi connectivity index (χ0) is 14.0. The number of hydrogen-bond donors (Lipinski definition) is 0. The molecule has 2 atom stereocenters. The smallest absolute Gasteiger partial charge is 0.161 e. The van der Waals surface area contributed by atoms with Gasteiger partial charge in [0.05, 0.1) is 5.69 Å². The van der Waals surface area contributed by atoms with E-state index in [1.807, 2.05) is 0 Å². The molecule has 0 spiro atoms. The molecule has 1 fully saturated rings. The van der Waals surface area contributed by atoms with Crippen LogP contribution in [0.5, 0.6) is 0 Å². The predicted molar refractivity (Wildman–Crippen MR) is 76.2 cm³/mol.